The molecule has 2 aromatic carbocycles. The molecule has 3 atom stereocenters. The van der Waals surface area contributed by atoms with E-state index < -0.39 is 0 Å². The van der Waals surface area contributed by atoms with Gasteiger partial charge in [-0.3, -0.25) is 9.59 Å². The minimum absolute atomic E-state index is 0.0209. The molecule has 1 aliphatic rings. The molecule has 3 rings (SSSR count). The molecule has 5 nitrogen and oxygen atoms in total. The molecule has 2 aromatic rings. The lowest BCUT2D eigenvalue weighted by Crippen LogP contribution is -2.47. The van der Waals surface area contributed by atoms with Crippen molar-refractivity contribution in [2.24, 2.45) is 23.3 Å². The van der Waals surface area contributed by atoms with Crippen LogP contribution < -0.4 is 11.5 Å². The molecule has 2 amide bonds. The number of hydrogen-bond acceptors (Lipinski definition) is 3. The zero-order valence-corrected chi connectivity index (χ0v) is 15.7. The molecule has 0 aliphatic carbocycles. The van der Waals surface area contributed by atoms with Crippen LogP contribution >= 0.6 is 0 Å². The summed E-state index contributed by atoms with van der Waals surface area (Å²) in [5, 5.41) is 0. The number of carbonyl (C=O) groups excluding carboxylic acids is 2. The van der Waals surface area contributed by atoms with Crippen LogP contribution in [0.1, 0.15) is 31.4 Å². The van der Waals surface area contributed by atoms with Crippen LogP contribution in [0.3, 0.4) is 0 Å². The van der Waals surface area contributed by atoms with Gasteiger partial charge in [0.2, 0.25) is 11.8 Å². The van der Waals surface area contributed by atoms with Crippen molar-refractivity contribution < 1.29 is 9.59 Å². The lowest BCUT2D eigenvalue weighted by molar-refractivity contribution is -0.136. The summed E-state index contributed by atoms with van der Waals surface area (Å²) in [5.41, 5.74) is 14.9. The Bertz CT molecular complexity index is 789. The first-order valence-electron chi connectivity index (χ1n) is 9.42. The van der Waals surface area contributed by atoms with E-state index in [2.05, 4.69) is 12.1 Å². The molecule has 0 spiro atoms. The van der Waals surface area contributed by atoms with Crippen molar-refractivity contribution in [2.45, 2.75) is 25.8 Å². The van der Waals surface area contributed by atoms with E-state index in [1.54, 1.807) is 4.90 Å². The summed E-state index contributed by atoms with van der Waals surface area (Å²) in [7, 11) is 0. The maximum absolute atomic E-state index is 12.7. The number of piperidine rings is 1. The van der Waals surface area contributed by atoms with Crippen LogP contribution in [-0.2, 0) is 9.59 Å². The molecule has 1 saturated heterocycles. The van der Waals surface area contributed by atoms with Crippen molar-refractivity contribution in [3.8, 4) is 11.1 Å². The highest BCUT2D eigenvalue weighted by atomic mass is 16.2. The Morgan fingerprint density at radius 2 is 1.67 bits per heavy atom. The lowest BCUT2D eigenvalue weighted by atomic mass is 9.89. The van der Waals surface area contributed by atoms with Crippen LogP contribution in [-0.4, -0.2) is 29.8 Å². The van der Waals surface area contributed by atoms with Crippen LogP contribution in [0.5, 0.6) is 0 Å². The van der Waals surface area contributed by atoms with Crippen LogP contribution in [0.2, 0.25) is 0 Å². The van der Waals surface area contributed by atoms with Crippen LogP contribution in [0.4, 0.5) is 0 Å². The second kappa shape index (κ2) is 8.35. The van der Waals surface area contributed by atoms with Crippen molar-refractivity contribution in [1.29, 1.82) is 0 Å². The SMILES string of the molecule is CC1CC(C(N)=O)CN(C(=O)C[C@@H](N)c2ccc(-c3ccccc3)cc2)C1. The van der Waals surface area contributed by atoms with Crippen LogP contribution in [0, 0.1) is 11.8 Å². The summed E-state index contributed by atoms with van der Waals surface area (Å²) in [6.07, 6.45) is 0.967. The van der Waals surface area contributed by atoms with E-state index >= 15 is 0 Å². The second-order valence-corrected chi connectivity index (χ2v) is 7.54. The summed E-state index contributed by atoms with van der Waals surface area (Å²) >= 11 is 0. The first-order chi connectivity index (χ1) is 12.9. The Hall–Kier alpha value is -2.66. The van der Waals surface area contributed by atoms with Gasteiger partial charge in [-0.2, -0.15) is 0 Å². The van der Waals surface area contributed by atoms with Gasteiger partial charge in [-0.1, -0.05) is 61.5 Å². The molecule has 5 heteroatoms. The van der Waals surface area contributed by atoms with Gasteiger partial charge in [0.05, 0.1) is 5.92 Å². The van der Waals surface area contributed by atoms with Crippen LogP contribution in [0.25, 0.3) is 11.1 Å². The van der Waals surface area contributed by atoms with Gasteiger partial charge in [-0.25, -0.2) is 0 Å². The Morgan fingerprint density at radius 1 is 1.04 bits per heavy atom. The first-order valence-corrected chi connectivity index (χ1v) is 9.42. The summed E-state index contributed by atoms with van der Waals surface area (Å²) in [5.74, 6) is -0.353. The van der Waals surface area contributed by atoms with Gasteiger partial charge in [0.25, 0.3) is 0 Å². The highest BCUT2D eigenvalue weighted by Crippen LogP contribution is 2.25. The van der Waals surface area contributed by atoms with Gasteiger partial charge in [-0.05, 0) is 29.0 Å². The third kappa shape index (κ3) is 4.74. The van der Waals surface area contributed by atoms with Crippen molar-refractivity contribution in [3.63, 3.8) is 0 Å². The normalized spacial score (nSPS) is 20.9. The number of nitrogens with zero attached hydrogens (tertiary/aromatic N) is 1. The number of primary amides is 1. The van der Waals surface area contributed by atoms with Crippen LogP contribution in [0.15, 0.2) is 54.6 Å². The van der Waals surface area contributed by atoms with E-state index in [1.165, 1.54) is 0 Å². The predicted octanol–water partition coefficient (Wildman–Crippen LogP) is 2.71. The number of hydrogen-bond donors (Lipinski definition) is 2. The standard InChI is InChI=1S/C22H27N3O2/c1-15-11-19(22(24)27)14-25(13-15)21(26)12-20(23)18-9-7-17(8-10-18)16-5-3-2-4-6-16/h2-10,15,19-20H,11-14,23H2,1H3,(H2,24,27)/t15?,19?,20-/m1/s1. The van der Waals surface area contributed by atoms with Gasteiger partial charge in [-0.15, -0.1) is 0 Å². The van der Waals surface area contributed by atoms with Crippen molar-refractivity contribution in [3.05, 3.63) is 60.2 Å². The number of nitrogens with two attached hydrogens (primary N) is 2. The summed E-state index contributed by atoms with van der Waals surface area (Å²) in [4.78, 5) is 25.9. The van der Waals surface area contributed by atoms with E-state index in [4.69, 9.17) is 11.5 Å². The van der Waals surface area contributed by atoms with Gasteiger partial charge in [0.1, 0.15) is 0 Å². The molecule has 0 bridgehead atoms. The van der Waals surface area contributed by atoms with E-state index in [0.717, 1.165) is 23.1 Å². The van der Waals surface area contributed by atoms with Gasteiger partial charge < -0.3 is 16.4 Å². The van der Waals surface area contributed by atoms with E-state index in [0.29, 0.717) is 13.1 Å². The number of carbonyl (C=O) groups is 2. The Balaban J connectivity index is 1.63. The molecule has 4 N–H and O–H groups in total. The maximum Gasteiger partial charge on any atom is 0.224 e. The fourth-order valence-corrected chi connectivity index (χ4v) is 3.75. The number of rotatable bonds is 5. The smallest absolute Gasteiger partial charge is 0.224 e. The van der Waals surface area contributed by atoms with Gasteiger partial charge >= 0.3 is 0 Å². The fourth-order valence-electron chi connectivity index (χ4n) is 3.75. The quantitative estimate of drug-likeness (QED) is 0.854. The van der Waals surface area contributed by atoms with E-state index in [9.17, 15) is 9.59 Å². The zero-order chi connectivity index (χ0) is 19.4. The maximum atomic E-state index is 12.7. The minimum atomic E-state index is -0.369. The third-order valence-electron chi connectivity index (χ3n) is 5.26. The average molecular weight is 365 g/mol. The van der Waals surface area contributed by atoms with Gasteiger partial charge in [0, 0.05) is 25.6 Å². The molecule has 0 aromatic heterocycles. The monoisotopic (exact) mass is 365 g/mol. The zero-order valence-electron chi connectivity index (χ0n) is 15.7. The third-order valence-corrected chi connectivity index (χ3v) is 5.26. The first kappa shape index (κ1) is 19.1. The molecular weight excluding hydrogens is 338 g/mol. The highest BCUT2D eigenvalue weighted by Gasteiger charge is 2.31. The lowest BCUT2D eigenvalue weighted by Gasteiger charge is -2.35. The number of likely N-dealkylation sites (tertiary alicyclic amines) is 1. The van der Waals surface area contributed by atoms with E-state index in [-0.39, 0.29) is 36.1 Å². The Kier molecular flexibility index (Phi) is 5.91. The fraction of sp³-hybridized carbons (Fsp3) is 0.364. The molecule has 1 aliphatic heterocycles. The molecule has 0 saturated carbocycles. The summed E-state index contributed by atoms with van der Waals surface area (Å²) in [6, 6.07) is 17.8. The van der Waals surface area contributed by atoms with E-state index in [1.807, 2.05) is 49.4 Å². The molecule has 1 fully saturated rings. The molecule has 0 radical (unpaired) electrons. The largest absolute Gasteiger partial charge is 0.369 e. The van der Waals surface area contributed by atoms with Gasteiger partial charge in [0.15, 0.2) is 0 Å². The van der Waals surface area contributed by atoms with Crippen molar-refractivity contribution >= 4 is 11.8 Å². The number of benzene rings is 2. The predicted molar refractivity (Wildman–Crippen MR) is 106 cm³/mol. The Morgan fingerprint density at radius 3 is 2.30 bits per heavy atom. The highest BCUT2D eigenvalue weighted by molar-refractivity contribution is 5.80. The molecule has 27 heavy (non-hydrogen) atoms. The summed E-state index contributed by atoms with van der Waals surface area (Å²) in [6.45, 7) is 3.10. The molecule has 1 heterocycles. The van der Waals surface area contributed by atoms with Crippen molar-refractivity contribution in [2.75, 3.05) is 13.1 Å². The minimum Gasteiger partial charge on any atom is -0.369 e. The topological polar surface area (TPSA) is 89.4 Å². The Labute approximate surface area is 160 Å². The number of amides is 2. The molecule has 2 unspecified atom stereocenters. The average Bonchev–Trinajstić information content (AvgIpc) is 2.68. The second-order valence-electron chi connectivity index (χ2n) is 7.54. The van der Waals surface area contributed by atoms with Crippen molar-refractivity contribution in [1.82, 2.24) is 4.90 Å². The molecular formula is C22H27N3O2. The summed E-state index contributed by atoms with van der Waals surface area (Å²) < 4.78 is 0. The molecule has 142 valence electrons.